The van der Waals surface area contributed by atoms with Crippen LogP contribution in [0.4, 0.5) is 24.5 Å². The summed E-state index contributed by atoms with van der Waals surface area (Å²) in [4.78, 5) is 27.7. The number of pyridine rings is 1. The van der Waals surface area contributed by atoms with E-state index in [1.807, 2.05) is 33.7 Å². The number of alkyl halides is 3. The molecule has 1 atom stereocenters. The van der Waals surface area contributed by atoms with Crippen LogP contribution in [0, 0.1) is 16.0 Å². The van der Waals surface area contributed by atoms with E-state index >= 15 is 0 Å². The number of aromatic nitrogens is 3. The van der Waals surface area contributed by atoms with Gasteiger partial charge in [0, 0.05) is 37.8 Å². The maximum Gasteiger partial charge on any atom is 0.416 e. The zero-order valence-electron chi connectivity index (χ0n) is 18.7. The Morgan fingerprint density at radius 1 is 1.06 bits per heavy atom. The lowest BCUT2D eigenvalue weighted by Crippen LogP contribution is -2.42. The van der Waals surface area contributed by atoms with Gasteiger partial charge < -0.3 is 9.80 Å². The smallest absolute Gasteiger partial charge is 0.366 e. The van der Waals surface area contributed by atoms with Gasteiger partial charge in [-0.1, -0.05) is 6.07 Å². The molecule has 1 unspecified atom stereocenters. The Labute approximate surface area is 198 Å². The van der Waals surface area contributed by atoms with Crippen LogP contribution < -0.4 is 4.90 Å². The quantitative estimate of drug-likeness (QED) is 0.403. The molecule has 2 saturated heterocycles. The van der Waals surface area contributed by atoms with Gasteiger partial charge in [0.25, 0.3) is 5.69 Å². The van der Waals surface area contributed by atoms with Crippen LogP contribution in [-0.2, 0) is 11.0 Å². The van der Waals surface area contributed by atoms with Crippen molar-refractivity contribution < 1.29 is 22.9 Å². The predicted octanol–water partition coefficient (Wildman–Crippen LogP) is 4.24. The molecule has 0 N–H and O–H groups in total. The van der Waals surface area contributed by atoms with Gasteiger partial charge in [-0.25, -0.2) is 0 Å². The molecule has 3 aromatic rings. The molecule has 1 aromatic carbocycles. The third-order valence-electron chi connectivity index (χ3n) is 6.86. The summed E-state index contributed by atoms with van der Waals surface area (Å²) in [5.74, 6) is 0.477. The molecule has 4 heterocycles. The number of carbonyl (C=O) groups excluding carboxylic acids is 1. The monoisotopic (exact) mass is 488 g/mol. The van der Waals surface area contributed by atoms with Crippen LogP contribution in [0.5, 0.6) is 0 Å². The number of carbonyl (C=O) groups is 1. The van der Waals surface area contributed by atoms with Crippen molar-refractivity contribution >= 4 is 22.9 Å². The number of amides is 1. The minimum atomic E-state index is -4.66. The van der Waals surface area contributed by atoms with Gasteiger partial charge in [-0.15, -0.1) is 10.2 Å². The van der Waals surface area contributed by atoms with Gasteiger partial charge >= 0.3 is 6.18 Å². The normalized spacial score (nSPS) is 19.5. The summed E-state index contributed by atoms with van der Waals surface area (Å²) in [6.45, 7) is 1.31. The number of nitrogens with zero attached hydrogens (tertiary/aromatic N) is 6. The predicted molar refractivity (Wildman–Crippen MR) is 120 cm³/mol. The molecule has 184 valence electrons. The van der Waals surface area contributed by atoms with E-state index < -0.39 is 22.4 Å². The Morgan fingerprint density at radius 2 is 1.83 bits per heavy atom. The molecule has 0 saturated carbocycles. The summed E-state index contributed by atoms with van der Waals surface area (Å²) < 4.78 is 41.0. The third-order valence-corrected chi connectivity index (χ3v) is 6.86. The van der Waals surface area contributed by atoms with E-state index in [4.69, 9.17) is 0 Å². The van der Waals surface area contributed by atoms with Crippen molar-refractivity contribution in [2.45, 2.75) is 37.9 Å². The van der Waals surface area contributed by atoms with E-state index in [2.05, 4.69) is 10.2 Å². The van der Waals surface area contributed by atoms with Crippen LogP contribution in [0.25, 0.3) is 5.65 Å². The van der Waals surface area contributed by atoms with Crippen molar-refractivity contribution in [3.63, 3.8) is 0 Å². The zero-order chi connectivity index (χ0) is 24.7. The molecule has 0 aliphatic carbocycles. The van der Waals surface area contributed by atoms with Gasteiger partial charge in [0.15, 0.2) is 11.5 Å². The van der Waals surface area contributed by atoms with Crippen molar-refractivity contribution in [3.8, 4) is 0 Å². The minimum Gasteiger partial charge on any atom is -0.366 e. The van der Waals surface area contributed by atoms with Gasteiger partial charge in [-0.3, -0.25) is 19.3 Å². The number of anilines is 1. The number of piperidine rings is 1. The Bertz CT molecular complexity index is 1270. The van der Waals surface area contributed by atoms with Gasteiger partial charge in [0.2, 0.25) is 5.91 Å². The molecule has 2 aliphatic rings. The largest absolute Gasteiger partial charge is 0.416 e. The molecule has 12 heteroatoms. The number of likely N-dealkylation sites (tertiary alicyclic amines) is 1. The standard InChI is InChI=1S/C23H23F3N6O3/c24-23(25,26)16-6-7-17(19(14-16)32(34)35)29-12-8-15(9-13-29)22(33)30-11-3-4-18(30)21-28-27-20-5-1-2-10-31(20)21/h1-2,5-7,10,14-15,18H,3-4,8-9,11-13H2. The lowest BCUT2D eigenvalue weighted by molar-refractivity contribution is -0.384. The van der Waals surface area contributed by atoms with E-state index in [0.29, 0.717) is 44.2 Å². The van der Waals surface area contributed by atoms with E-state index in [9.17, 15) is 28.1 Å². The molecule has 2 aliphatic heterocycles. The second-order valence-corrected chi connectivity index (χ2v) is 8.90. The minimum absolute atomic E-state index is 0.0155. The highest BCUT2D eigenvalue weighted by molar-refractivity contribution is 5.80. The second kappa shape index (κ2) is 8.82. The highest BCUT2D eigenvalue weighted by atomic mass is 19.4. The average molecular weight is 488 g/mol. The molecule has 5 rings (SSSR count). The van der Waals surface area contributed by atoms with Crippen molar-refractivity contribution in [1.29, 1.82) is 0 Å². The highest BCUT2D eigenvalue weighted by Gasteiger charge is 2.39. The van der Waals surface area contributed by atoms with E-state index in [0.717, 1.165) is 30.8 Å². The van der Waals surface area contributed by atoms with Crippen molar-refractivity contribution in [1.82, 2.24) is 19.5 Å². The maximum atomic E-state index is 13.4. The van der Waals surface area contributed by atoms with Crippen LogP contribution >= 0.6 is 0 Å². The average Bonchev–Trinajstić information content (AvgIpc) is 3.49. The number of fused-ring (bicyclic) bond motifs is 1. The molecule has 0 bridgehead atoms. The number of benzene rings is 1. The summed E-state index contributed by atoms with van der Waals surface area (Å²) in [6.07, 6.45) is -0.222. The molecule has 9 nitrogen and oxygen atoms in total. The van der Waals surface area contributed by atoms with Crippen LogP contribution in [0.3, 0.4) is 0 Å². The Morgan fingerprint density at radius 3 is 2.54 bits per heavy atom. The number of nitro benzene ring substituents is 1. The molecule has 2 fully saturated rings. The van der Waals surface area contributed by atoms with Crippen LogP contribution in [0.2, 0.25) is 0 Å². The first kappa shape index (κ1) is 23.1. The number of halogens is 3. The van der Waals surface area contributed by atoms with Crippen molar-refractivity contribution in [3.05, 3.63) is 64.1 Å². The van der Waals surface area contributed by atoms with Gasteiger partial charge in [-0.05, 0) is 49.9 Å². The molecule has 1 amide bonds. The lowest BCUT2D eigenvalue weighted by atomic mass is 9.94. The molecule has 2 aromatic heterocycles. The first-order valence-corrected chi connectivity index (χ1v) is 11.4. The molecule has 35 heavy (non-hydrogen) atoms. The van der Waals surface area contributed by atoms with Gasteiger partial charge in [0.05, 0.1) is 16.5 Å². The molecular weight excluding hydrogens is 465 g/mol. The molecular formula is C23H23F3N6O3. The Kier molecular flexibility index (Phi) is 5.81. The van der Waals surface area contributed by atoms with E-state index in [1.165, 1.54) is 0 Å². The van der Waals surface area contributed by atoms with Gasteiger partial charge in [0.1, 0.15) is 5.69 Å². The fourth-order valence-corrected chi connectivity index (χ4v) is 5.10. The maximum absolute atomic E-state index is 13.4. The number of hydrogen-bond donors (Lipinski definition) is 0. The van der Waals surface area contributed by atoms with Crippen molar-refractivity contribution in [2.24, 2.45) is 5.92 Å². The SMILES string of the molecule is O=C(C1CCN(c2ccc(C(F)(F)F)cc2[N+](=O)[O-])CC1)N1CCCC1c1nnc2ccccn12. The summed E-state index contributed by atoms with van der Waals surface area (Å²) in [5, 5.41) is 20.0. The summed E-state index contributed by atoms with van der Waals surface area (Å²) in [7, 11) is 0. The highest BCUT2D eigenvalue weighted by Crippen LogP contribution is 2.39. The zero-order valence-corrected chi connectivity index (χ0v) is 18.7. The first-order valence-electron chi connectivity index (χ1n) is 11.4. The van der Waals surface area contributed by atoms with Gasteiger partial charge in [-0.2, -0.15) is 13.2 Å². The lowest BCUT2D eigenvalue weighted by Gasteiger charge is -2.35. The van der Waals surface area contributed by atoms with Crippen LogP contribution in [-0.4, -0.2) is 50.0 Å². The second-order valence-electron chi connectivity index (χ2n) is 8.90. The molecule has 0 spiro atoms. The van der Waals surface area contributed by atoms with E-state index in [1.54, 1.807) is 4.90 Å². The first-order chi connectivity index (χ1) is 16.7. The summed E-state index contributed by atoms with van der Waals surface area (Å²) in [6, 6.07) is 8.02. The third kappa shape index (κ3) is 4.28. The van der Waals surface area contributed by atoms with E-state index in [-0.39, 0.29) is 23.6 Å². The number of hydrogen-bond acceptors (Lipinski definition) is 6. The Balaban J connectivity index is 1.30. The summed E-state index contributed by atoms with van der Waals surface area (Å²) in [5.41, 5.74) is -0.780. The summed E-state index contributed by atoms with van der Waals surface area (Å²) >= 11 is 0. The van der Waals surface area contributed by atoms with Crippen LogP contribution in [0.1, 0.15) is 43.1 Å². The number of rotatable bonds is 4. The Hall–Kier alpha value is -3.70. The number of nitro groups is 1. The fourth-order valence-electron chi connectivity index (χ4n) is 5.10. The van der Waals surface area contributed by atoms with Crippen molar-refractivity contribution in [2.75, 3.05) is 24.5 Å². The van der Waals surface area contributed by atoms with Crippen LogP contribution in [0.15, 0.2) is 42.6 Å². The molecule has 0 radical (unpaired) electrons. The topological polar surface area (TPSA) is 96.9 Å². The fraction of sp³-hybridized carbons (Fsp3) is 0.435.